The van der Waals surface area contributed by atoms with E-state index in [0.717, 1.165) is 35.1 Å². The van der Waals surface area contributed by atoms with Crippen LogP contribution in [0.15, 0.2) is 69.7 Å². The minimum Gasteiger partial charge on any atom is -0.444 e. The van der Waals surface area contributed by atoms with Gasteiger partial charge in [0.1, 0.15) is 11.5 Å². The van der Waals surface area contributed by atoms with Crippen LogP contribution in [0, 0.1) is 13.8 Å². The van der Waals surface area contributed by atoms with Crippen LogP contribution in [-0.4, -0.2) is 79.7 Å². The predicted molar refractivity (Wildman–Crippen MR) is 179 cm³/mol. The molecule has 2 aliphatic heterocycles. The third-order valence-electron chi connectivity index (χ3n) is 7.60. The summed E-state index contributed by atoms with van der Waals surface area (Å²) < 4.78 is 15.8. The standard InChI is InChI=1S/C19H23N3O3.C16H16ClN3O2/c1-13-20-17(25-21-13)16-7-5-14(6-8-16)15-9-11-22(12-10-15)18(23)24-19(2,3)4;1-11-18-16(22-19-11)14-4-2-12(3-5-14)13-6-8-20(9-7-13)15(21)10-17/h5-9H,10-12H2,1-4H3;2-6H,7-10H2,1H3. The third kappa shape index (κ3) is 8.94. The second-order valence-corrected chi connectivity index (χ2v) is 12.6. The molecule has 2 aliphatic rings. The van der Waals surface area contributed by atoms with E-state index in [2.05, 4.69) is 32.4 Å². The maximum atomic E-state index is 12.1. The van der Waals surface area contributed by atoms with E-state index in [9.17, 15) is 9.59 Å². The second-order valence-electron chi connectivity index (χ2n) is 12.3. The van der Waals surface area contributed by atoms with Crippen LogP contribution in [0.5, 0.6) is 0 Å². The largest absolute Gasteiger partial charge is 0.444 e. The SMILES string of the molecule is Cc1noc(-c2ccc(C3=CCN(C(=O)CCl)CC3)cc2)n1.Cc1noc(-c2ccc(C3=CCN(C(=O)OC(C)(C)C)CC3)cc2)n1. The van der Waals surface area contributed by atoms with Crippen molar-refractivity contribution in [3.8, 4) is 22.9 Å². The number of aryl methyl sites for hydroxylation is 2. The molecule has 12 heteroatoms. The van der Waals surface area contributed by atoms with Crippen LogP contribution in [0.25, 0.3) is 34.1 Å². The number of rotatable bonds is 5. The Balaban J connectivity index is 0.000000186. The van der Waals surface area contributed by atoms with Crippen molar-refractivity contribution in [2.24, 2.45) is 0 Å². The fourth-order valence-electron chi connectivity index (χ4n) is 5.15. The molecule has 0 saturated heterocycles. The van der Waals surface area contributed by atoms with Crippen LogP contribution < -0.4 is 0 Å². The van der Waals surface area contributed by atoms with Crippen LogP contribution >= 0.6 is 11.6 Å². The van der Waals surface area contributed by atoms with Gasteiger partial charge in [-0.1, -0.05) is 46.7 Å². The summed E-state index contributed by atoms with van der Waals surface area (Å²) in [6.45, 7) is 11.8. The number of ether oxygens (including phenoxy) is 1. The highest BCUT2D eigenvalue weighted by atomic mass is 35.5. The molecule has 0 N–H and O–H groups in total. The van der Waals surface area contributed by atoms with E-state index in [-0.39, 0.29) is 17.9 Å². The first-order valence-electron chi connectivity index (χ1n) is 15.5. The molecule has 6 rings (SSSR count). The van der Waals surface area contributed by atoms with Crippen molar-refractivity contribution in [3.63, 3.8) is 0 Å². The summed E-state index contributed by atoms with van der Waals surface area (Å²) in [6.07, 6.45) is 5.55. The topological polar surface area (TPSA) is 128 Å². The van der Waals surface area contributed by atoms with Crippen molar-refractivity contribution < 1.29 is 23.4 Å². The molecule has 2 aromatic carbocycles. The Morgan fingerprint density at radius 1 is 0.745 bits per heavy atom. The second kappa shape index (κ2) is 14.8. The Morgan fingerprint density at radius 2 is 1.17 bits per heavy atom. The van der Waals surface area contributed by atoms with Crippen LogP contribution in [0.2, 0.25) is 0 Å². The first-order chi connectivity index (χ1) is 22.5. The van der Waals surface area contributed by atoms with Crippen molar-refractivity contribution in [2.75, 3.05) is 32.1 Å². The van der Waals surface area contributed by atoms with Gasteiger partial charge in [0, 0.05) is 37.3 Å². The van der Waals surface area contributed by atoms with Gasteiger partial charge in [0.25, 0.3) is 11.8 Å². The monoisotopic (exact) mass is 658 g/mol. The van der Waals surface area contributed by atoms with E-state index in [1.54, 1.807) is 23.6 Å². The molecule has 0 aliphatic carbocycles. The number of alkyl halides is 1. The lowest BCUT2D eigenvalue weighted by atomic mass is 9.98. The van der Waals surface area contributed by atoms with E-state index in [1.165, 1.54) is 11.1 Å². The van der Waals surface area contributed by atoms with Crippen LogP contribution in [-0.2, 0) is 9.53 Å². The van der Waals surface area contributed by atoms with Crippen LogP contribution in [0.1, 0.15) is 56.4 Å². The van der Waals surface area contributed by atoms with Gasteiger partial charge in [-0.15, -0.1) is 11.6 Å². The normalized spacial score (nSPS) is 14.9. The maximum absolute atomic E-state index is 12.1. The fraction of sp³-hybridized carbons (Fsp3) is 0.371. The van der Waals surface area contributed by atoms with Gasteiger partial charge < -0.3 is 23.6 Å². The molecule has 0 bridgehead atoms. The molecule has 4 aromatic rings. The first kappa shape index (κ1) is 33.6. The highest BCUT2D eigenvalue weighted by molar-refractivity contribution is 6.27. The van der Waals surface area contributed by atoms with Crippen molar-refractivity contribution in [3.05, 3.63) is 83.5 Å². The van der Waals surface area contributed by atoms with E-state index < -0.39 is 5.60 Å². The van der Waals surface area contributed by atoms with Crippen LogP contribution in [0.3, 0.4) is 0 Å². The number of hydrogen-bond acceptors (Lipinski definition) is 9. The van der Waals surface area contributed by atoms with Gasteiger partial charge in [0.15, 0.2) is 11.6 Å². The zero-order chi connectivity index (χ0) is 33.6. The summed E-state index contributed by atoms with van der Waals surface area (Å²) in [6, 6.07) is 16.1. The quantitative estimate of drug-likeness (QED) is 0.209. The molecular formula is C35H39ClN6O5. The Kier molecular flexibility index (Phi) is 10.6. The average molecular weight is 659 g/mol. The number of hydrogen-bond donors (Lipinski definition) is 0. The Hall–Kier alpha value is -4.77. The minimum absolute atomic E-state index is 0.0147. The lowest BCUT2D eigenvalue weighted by molar-refractivity contribution is -0.128. The third-order valence-corrected chi connectivity index (χ3v) is 7.83. The van der Waals surface area contributed by atoms with Gasteiger partial charge in [-0.3, -0.25) is 4.79 Å². The zero-order valence-electron chi connectivity index (χ0n) is 27.3. The molecule has 4 heterocycles. The summed E-state index contributed by atoms with van der Waals surface area (Å²) in [7, 11) is 0. The van der Waals surface area contributed by atoms with Gasteiger partial charge in [0.05, 0.1) is 0 Å². The molecule has 11 nitrogen and oxygen atoms in total. The number of halogens is 1. The summed E-state index contributed by atoms with van der Waals surface area (Å²) in [5.74, 6) is 2.33. The molecule has 0 radical (unpaired) electrons. The summed E-state index contributed by atoms with van der Waals surface area (Å²) in [5, 5.41) is 7.60. The van der Waals surface area contributed by atoms with E-state index in [1.807, 2.05) is 69.3 Å². The van der Waals surface area contributed by atoms with Gasteiger partial charge in [-0.25, -0.2) is 4.79 Å². The average Bonchev–Trinajstić information content (AvgIpc) is 3.72. The summed E-state index contributed by atoms with van der Waals surface area (Å²) in [4.78, 5) is 35.6. The molecule has 0 unspecified atom stereocenters. The van der Waals surface area contributed by atoms with Crippen molar-refractivity contribution in [2.45, 2.75) is 53.1 Å². The Morgan fingerprint density at radius 3 is 1.51 bits per heavy atom. The maximum Gasteiger partial charge on any atom is 0.410 e. The fourth-order valence-corrected chi connectivity index (χ4v) is 5.32. The lowest BCUT2D eigenvalue weighted by Crippen LogP contribution is -2.39. The van der Waals surface area contributed by atoms with Crippen LogP contribution in [0.4, 0.5) is 4.79 Å². The molecule has 2 amide bonds. The highest BCUT2D eigenvalue weighted by Gasteiger charge is 2.24. The van der Waals surface area contributed by atoms with Gasteiger partial charge in [-0.2, -0.15) is 9.97 Å². The number of amides is 2. The molecule has 47 heavy (non-hydrogen) atoms. The highest BCUT2D eigenvalue weighted by Crippen LogP contribution is 2.27. The molecule has 246 valence electrons. The number of benzene rings is 2. The Bertz CT molecular complexity index is 1750. The number of aromatic nitrogens is 4. The molecule has 2 aromatic heterocycles. The van der Waals surface area contributed by atoms with Gasteiger partial charge in [0.2, 0.25) is 5.91 Å². The van der Waals surface area contributed by atoms with Crippen molar-refractivity contribution in [1.82, 2.24) is 30.1 Å². The van der Waals surface area contributed by atoms with Gasteiger partial charge in [-0.05, 0) is 94.0 Å². The summed E-state index contributed by atoms with van der Waals surface area (Å²) >= 11 is 5.58. The summed E-state index contributed by atoms with van der Waals surface area (Å²) in [5.41, 5.74) is 6.10. The Labute approximate surface area is 279 Å². The molecular weight excluding hydrogens is 620 g/mol. The zero-order valence-corrected chi connectivity index (χ0v) is 28.1. The van der Waals surface area contributed by atoms with Gasteiger partial charge >= 0.3 is 6.09 Å². The van der Waals surface area contributed by atoms with Crippen molar-refractivity contribution in [1.29, 1.82) is 0 Å². The first-order valence-corrected chi connectivity index (χ1v) is 16.0. The minimum atomic E-state index is -0.468. The molecule has 0 fully saturated rings. The van der Waals surface area contributed by atoms with E-state index in [0.29, 0.717) is 49.6 Å². The number of carbonyl (C=O) groups excluding carboxylic acids is 2. The number of carbonyl (C=O) groups is 2. The number of nitrogens with zero attached hydrogens (tertiary/aromatic N) is 6. The smallest absolute Gasteiger partial charge is 0.410 e. The predicted octanol–water partition coefficient (Wildman–Crippen LogP) is 6.97. The van der Waals surface area contributed by atoms with Crippen molar-refractivity contribution >= 4 is 34.7 Å². The molecule has 0 atom stereocenters. The van der Waals surface area contributed by atoms with E-state index >= 15 is 0 Å². The molecule has 0 saturated carbocycles. The lowest BCUT2D eigenvalue weighted by Gasteiger charge is -2.29. The molecule has 0 spiro atoms. The van der Waals surface area contributed by atoms with E-state index in [4.69, 9.17) is 25.4 Å².